The lowest BCUT2D eigenvalue weighted by Crippen LogP contribution is -2.01. The second-order valence-corrected chi connectivity index (χ2v) is 2.84. The Labute approximate surface area is 80.7 Å². The zero-order chi connectivity index (χ0) is 9.84. The van der Waals surface area contributed by atoms with E-state index in [1.165, 1.54) is 18.2 Å². The highest BCUT2D eigenvalue weighted by Crippen LogP contribution is 2.16. The fourth-order valence-electron chi connectivity index (χ4n) is 0.973. The van der Waals surface area contributed by atoms with Crippen LogP contribution in [-0.4, -0.2) is 11.8 Å². The average Bonchev–Trinajstić information content (AvgIpc) is 2.08. The molecule has 0 aliphatic rings. The monoisotopic (exact) mass is 201 g/mol. The Morgan fingerprint density at radius 1 is 1.62 bits per heavy atom. The third-order valence-electron chi connectivity index (χ3n) is 1.56. The molecule has 0 unspecified atom stereocenters. The van der Waals surface area contributed by atoms with Gasteiger partial charge in [0.1, 0.15) is 5.82 Å². The maximum atomic E-state index is 13.0. The van der Waals surface area contributed by atoms with E-state index in [1.807, 2.05) is 6.92 Å². The molecule has 70 valence electrons. The van der Waals surface area contributed by atoms with Crippen molar-refractivity contribution in [3.05, 3.63) is 29.6 Å². The van der Waals surface area contributed by atoms with Gasteiger partial charge in [0, 0.05) is 12.1 Å². The van der Waals surface area contributed by atoms with Crippen molar-refractivity contribution in [2.45, 2.75) is 6.92 Å². The first kappa shape index (κ1) is 9.99. The smallest absolute Gasteiger partial charge is 0.252 e. The molecule has 0 saturated carbocycles. The predicted octanol–water partition coefficient (Wildman–Crippen LogP) is 2.64. The van der Waals surface area contributed by atoms with Gasteiger partial charge in [-0.1, -0.05) is 0 Å². The topological polar surface area (TPSA) is 29.1 Å². The van der Waals surface area contributed by atoms with Crippen molar-refractivity contribution < 1.29 is 9.18 Å². The maximum Gasteiger partial charge on any atom is 0.252 e. The molecule has 0 saturated heterocycles. The highest BCUT2D eigenvalue weighted by Gasteiger charge is 2.06. The normalized spacial score (nSPS) is 9.77. The van der Waals surface area contributed by atoms with Gasteiger partial charge < -0.3 is 5.32 Å². The van der Waals surface area contributed by atoms with Gasteiger partial charge in [-0.3, -0.25) is 4.79 Å². The lowest BCUT2D eigenvalue weighted by atomic mass is 10.2. The van der Waals surface area contributed by atoms with Crippen LogP contribution in [-0.2, 0) is 0 Å². The Morgan fingerprint density at radius 3 is 2.85 bits per heavy atom. The molecule has 0 amide bonds. The first-order valence-electron chi connectivity index (χ1n) is 3.88. The highest BCUT2D eigenvalue weighted by molar-refractivity contribution is 6.67. The van der Waals surface area contributed by atoms with Crippen LogP contribution < -0.4 is 5.32 Å². The second kappa shape index (κ2) is 4.23. The number of halogens is 2. The largest absolute Gasteiger partial charge is 0.383 e. The van der Waals surface area contributed by atoms with E-state index < -0.39 is 5.24 Å². The van der Waals surface area contributed by atoms with Gasteiger partial charge in [-0.25, -0.2) is 4.39 Å². The summed E-state index contributed by atoms with van der Waals surface area (Å²) in [6.07, 6.45) is 0. The number of nitrogens with one attached hydrogen (secondary N) is 1. The number of hydrogen-bond acceptors (Lipinski definition) is 2. The van der Waals surface area contributed by atoms with Crippen molar-refractivity contribution in [1.82, 2.24) is 0 Å². The Balaban J connectivity index is 3.03. The molecule has 0 bridgehead atoms. The van der Waals surface area contributed by atoms with E-state index in [1.54, 1.807) is 0 Å². The molecule has 1 aromatic carbocycles. The van der Waals surface area contributed by atoms with Crippen molar-refractivity contribution in [2.24, 2.45) is 0 Å². The summed E-state index contributed by atoms with van der Waals surface area (Å²) in [5, 5.41) is 2.20. The summed E-state index contributed by atoms with van der Waals surface area (Å²) in [5.74, 6) is -0.386. The van der Waals surface area contributed by atoms with E-state index in [9.17, 15) is 9.18 Å². The summed E-state index contributed by atoms with van der Waals surface area (Å²) in [4.78, 5) is 10.7. The molecule has 0 aromatic heterocycles. The minimum absolute atomic E-state index is 0.291. The molecule has 0 aliphatic carbocycles. The van der Waals surface area contributed by atoms with Gasteiger partial charge in [-0.2, -0.15) is 0 Å². The fourth-order valence-corrected chi connectivity index (χ4v) is 1.09. The Bertz CT molecular complexity index is 327. The standard InChI is InChI=1S/C9H9ClFNO/c1-2-12-8-5-6(9(10)13)3-4-7(8)11/h3-5,12H,2H2,1H3. The van der Waals surface area contributed by atoms with E-state index in [-0.39, 0.29) is 5.82 Å². The summed E-state index contributed by atoms with van der Waals surface area (Å²) in [6.45, 7) is 2.44. The first-order chi connectivity index (χ1) is 6.15. The summed E-state index contributed by atoms with van der Waals surface area (Å²) < 4.78 is 13.0. The zero-order valence-corrected chi connectivity index (χ0v) is 7.86. The first-order valence-corrected chi connectivity index (χ1v) is 4.26. The molecule has 0 heterocycles. The van der Waals surface area contributed by atoms with Crippen LogP contribution in [0.4, 0.5) is 10.1 Å². The maximum absolute atomic E-state index is 13.0. The van der Waals surface area contributed by atoms with Crippen molar-refractivity contribution >= 4 is 22.5 Å². The highest BCUT2D eigenvalue weighted by atomic mass is 35.5. The van der Waals surface area contributed by atoms with E-state index in [4.69, 9.17) is 11.6 Å². The Hall–Kier alpha value is -1.09. The van der Waals surface area contributed by atoms with E-state index in [2.05, 4.69) is 5.32 Å². The number of carbonyl (C=O) groups is 1. The molecule has 13 heavy (non-hydrogen) atoms. The lowest BCUT2D eigenvalue weighted by molar-refractivity contribution is 0.108. The van der Waals surface area contributed by atoms with Crippen LogP contribution in [0.3, 0.4) is 0 Å². The lowest BCUT2D eigenvalue weighted by Gasteiger charge is -2.05. The fraction of sp³-hybridized carbons (Fsp3) is 0.222. The van der Waals surface area contributed by atoms with Crippen molar-refractivity contribution in [1.29, 1.82) is 0 Å². The molecule has 0 fully saturated rings. The third-order valence-corrected chi connectivity index (χ3v) is 1.78. The molecule has 4 heteroatoms. The van der Waals surface area contributed by atoms with Crippen molar-refractivity contribution in [3.8, 4) is 0 Å². The average molecular weight is 202 g/mol. The minimum Gasteiger partial charge on any atom is -0.383 e. The number of carbonyl (C=O) groups excluding carboxylic acids is 1. The molecule has 1 rings (SSSR count). The second-order valence-electron chi connectivity index (χ2n) is 2.50. The van der Waals surface area contributed by atoms with Crippen molar-refractivity contribution in [3.63, 3.8) is 0 Å². The SMILES string of the molecule is CCNc1cc(C(=O)Cl)ccc1F. The quantitative estimate of drug-likeness (QED) is 0.762. The van der Waals surface area contributed by atoms with Crippen LogP contribution in [0.25, 0.3) is 0 Å². The van der Waals surface area contributed by atoms with Crippen LogP contribution in [0, 0.1) is 5.82 Å². The van der Waals surface area contributed by atoms with Gasteiger partial charge in [0.15, 0.2) is 0 Å². The van der Waals surface area contributed by atoms with Crippen LogP contribution in [0.1, 0.15) is 17.3 Å². The molecule has 0 spiro atoms. The third kappa shape index (κ3) is 2.42. The number of anilines is 1. The number of benzene rings is 1. The number of hydrogen-bond donors (Lipinski definition) is 1. The Morgan fingerprint density at radius 2 is 2.31 bits per heavy atom. The molecule has 0 aliphatic heterocycles. The molecule has 2 nitrogen and oxygen atoms in total. The summed E-state index contributed by atoms with van der Waals surface area (Å²) >= 11 is 5.24. The molecule has 0 radical (unpaired) electrons. The Kier molecular flexibility index (Phi) is 3.25. The molecule has 1 aromatic rings. The number of rotatable bonds is 3. The van der Waals surface area contributed by atoms with Crippen molar-refractivity contribution in [2.75, 3.05) is 11.9 Å². The van der Waals surface area contributed by atoms with Crippen LogP contribution in [0.2, 0.25) is 0 Å². The molecular formula is C9H9ClFNO. The summed E-state index contributed by atoms with van der Waals surface area (Å²) in [5.41, 5.74) is 0.591. The van der Waals surface area contributed by atoms with Gasteiger partial charge in [-0.15, -0.1) is 0 Å². The van der Waals surface area contributed by atoms with Crippen LogP contribution in [0.5, 0.6) is 0 Å². The molecule has 0 atom stereocenters. The molecule has 1 N–H and O–H groups in total. The van der Waals surface area contributed by atoms with E-state index >= 15 is 0 Å². The predicted molar refractivity (Wildman–Crippen MR) is 50.7 cm³/mol. The van der Waals surface area contributed by atoms with Gasteiger partial charge in [-0.05, 0) is 36.7 Å². The zero-order valence-electron chi connectivity index (χ0n) is 7.10. The van der Waals surface area contributed by atoms with E-state index in [0.717, 1.165) is 0 Å². The van der Waals surface area contributed by atoms with Gasteiger partial charge in [0.2, 0.25) is 0 Å². The minimum atomic E-state index is -0.584. The molecular weight excluding hydrogens is 193 g/mol. The van der Waals surface area contributed by atoms with Gasteiger partial charge in [0.25, 0.3) is 5.24 Å². The van der Waals surface area contributed by atoms with Gasteiger partial charge >= 0.3 is 0 Å². The summed E-state index contributed by atoms with van der Waals surface area (Å²) in [7, 11) is 0. The van der Waals surface area contributed by atoms with Gasteiger partial charge in [0.05, 0.1) is 5.69 Å². The van der Waals surface area contributed by atoms with Crippen LogP contribution >= 0.6 is 11.6 Å². The van der Waals surface area contributed by atoms with E-state index in [0.29, 0.717) is 17.8 Å². The van der Waals surface area contributed by atoms with Crippen LogP contribution in [0.15, 0.2) is 18.2 Å². The summed E-state index contributed by atoms with van der Waals surface area (Å²) in [6, 6.07) is 3.97.